The molecule has 4 bridgehead atoms. The number of carbonyl (C=O) groups is 1. The van der Waals surface area contributed by atoms with Crippen LogP contribution in [-0.2, 0) is 10.2 Å². The van der Waals surface area contributed by atoms with Gasteiger partial charge in [0.2, 0.25) is 5.91 Å². The van der Waals surface area contributed by atoms with Crippen LogP contribution in [0.15, 0.2) is 30.3 Å². The zero-order valence-corrected chi connectivity index (χ0v) is 13.4. The van der Waals surface area contributed by atoms with E-state index in [-0.39, 0.29) is 16.7 Å². The highest BCUT2D eigenvalue weighted by atomic mass is 32.2. The third-order valence-electron chi connectivity index (χ3n) is 6.35. The van der Waals surface area contributed by atoms with Gasteiger partial charge in [-0.05, 0) is 54.3 Å². The summed E-state index contributed by atoms with van der Waals surface area (Å²) in [7, 11) is 0. The van der Waals surface area contributed by atoms with Crippen LogP contribution in [0.25, 0.3) is 0 Å². The predicted octanol–water partition coefficient (Wildman–Crippen LogP) is 3.35. The lowest BCUT2D eigenvalue weighted by Crippen LogP contribution is -2.41. The second-order valence-electron chi connectivity index (χ2n) is 7.24. The van der Waals surface area contributed by atoms with Crippen molar-refractivity contribution in [1.82, 2.24) is 0 Å². The van der Waals surface area contributed by atoms with Crippen molar-refractivity contribution in [3.63, 3.8) is 0 Å². The molecule has 4 fully saturated rings. The molecule has 2 nitrogen and oxygen atoms in total. The maximum atomic E-state index is 12.3. The van der Waals surface area contributed by atoms with Crippen molar-refractivity contribution in [2.24, 2.45) is 23.0 Å². The van der Waals surface area contributed by atoms with E-state index in [2.05, 4.69) is 49.0 Å². The summed E-state index contributed by atoms with van der Waals surface area (Å²) in [6.07, 6.45) is 4.44. The molecule has 0 saturated heterocycles. The summed E-state index contributed by atoms with van der Waals surface area (Å²) in [5, 5.41) is 0.654. The molecule has 0 aromatic heterocycles. The topological polar surface area (TPSA) is 43.1 Å². The number of primary amides is 1. The molecule has 1 amide bonds. The van der Waals surface area contributed by atoms with Crippen molar-refractivity contribution in [3.8, 4) is 0 Å². The van der Waals surface area contributed by atoms with Crippen molar-refractivity contribution in [2.45, 2.75) is 43.3 Å². The fourth-order valence-corrected chi connectivity index (χ4v) is 7.22. The smallest absolute Gasteiger partial charge is 0.224 e. The Balaban J connectivity index is 1.77. The van der Waals surface area contributed by atoms with Crippen LogP contribution in [0, 0.1) is 17.3 Å². The number of thioether (sulfide) groups is 1. The fourth-order valence-electron chi connectivity index (χ4n) is 5.78. The number of amides is 1. The lowest BCUT2D eigenvalue weighted by atomic mass is 9.63. The summed E-state index contributed by atoms with van der Waals surface area (Å²) in [5.74, 6) is 2.29. The summed E-state index contributed by atoms with van der Waals surface area (Å²) >= 11 is 2.06. The quantitative estimate of drug-likeness (QED) is 0.926. The Bertz CT molecular complexity index is 574. The molecular formula is C18H23NOS. The molecule has 5 unspecified atom stereocenters. The molecule has 1 aromatic carbocycles. The van der Waals surface area contributed by atoms with E-state index in [0.29, 0.717) is 17.1 Å². The van der Waals surface area contributed by atoms with Gasteiger partial charge < -0.3 is 5.73 Å². The Kier molecular flexibility index (Phi) is 2.94. The molecule has 3 heteroatoms. The van der Waals surface area contributed by atoms with Crippen LogP contribution >= 0.6 is 11.8 Å². The zero-order valence-electron chi connectivity index (χ0n) is 12.5. The Morgan fingerprint density at radius 2 is 2.05 bits per heavy atom. The molecular weight excluding hydrogens is 278 g/mol. The molecule has 0 spiro atoms. The second-order valence-corrected chi connectivity index (χ2v) is 8.70. The standard InChI is InChI=1S/C18H23NOS/c1-2-21-15-12-8-17(13-6-4-3-5-7-13)10-14(15)18(9-12,11-17)16(19)20/h3-7,12,14-15H,2,8-11H2,1H3,(H2,19,20). The average Bonchev–Trinajstić information content (AvgIpc) is 2.86. The van der Waals surface area contributed by atoms with Crippen LogP contribution in [0.1, 0.15) is 38.2 Å². The minimum absolute atomic E-state index is 0.0331. The Morgan fingerprint density at radius 1 is 1.29 bits per heavy atom. The van der Waals surface area contributed by atoms with Gasteiger partial charge in [0.05, 0.1) is 5.41 Å². The first-order valence-corrected chi connectivity index (χ1v) is 9.13. The van der Waals surface area contributed by atoms with Crippen LogP contribution in [-0.4, -0.2) is 16.9 Å². The van der Waals surface area contributed by atoms with Crippen LogP contribution < -0.4 is 5.73 Å². The van der Waals surface area contributed by atoms with E-state index >= 15 is 0 Å². The van der Waals surface area contributed by atoms with Crippen molar-refractivity contribution in [3.05, 3.63) is 35.9 Å². The highest BCUT2D eigenvalue weighted by molar-refractivity contribution is 7.99. The summed E-state index contributed by atoms with van der Waals surface area (Å²) < 4.78 is 0. The fraction of sp³-hybridized carbons (Fsp3) is 0.611. The first-order chi connectivity index (χ1) is 10.1. The molecule has 1 aromatic rings. The van der Waals surface area contributed by atoms with Gasteiger partial charge in [0.25, 0.3) is 0 Å². The van der Waals surface area contributed by atoms with Crippen LogP contribution in [0.2, 0.25) is 0 Å². The average molecular weight is 301 g/mol. The second kappa shape index (κ2) is 4.52. The summed E-state index contributed by atoms with van der Waals surface area (Å²) in [6, 6.07) is 10.9. The van der Waals surface area contributed by atoms with Crippen molar-refractivity contribution in [1.29, 1.82) is 0 Å². The monoisotopic (exact) mass is 301 g/mol. The van der Waals surface area contributed by atoms with Crippen LogP contribution in [0.4, 0.5) is 0 Å². The van der Waals surface area contributed by atoms with Crippen molar-refractivity contribution < 1.29 is 4.79 Å². The van der Waals surface area contributed by atoms with Gasteiger partial charge in [-0.3, -0.25) is 4.79 Å². The lowest BCUT2D eigenvalue weighted by Gasteiger charge is -2.42. The number of benzene rings is 1. The number of rotatable bonds is 4. The van der Waals surface area contributed by atoms with Gasteiger partial charge in [-0.1, -0.05) is 37.3 Å². The molecule has 0 heterocycles. The van der Waals surface area contributed by atoms with Gasteiger partial charge in [-0.25, -0.2) is 0 Å². The maximum Gasteiger partial charge on any atom is 0.224 e. The molecule has 21 heavy (non-hydrogen) atoms. The van der Waals surface area contributed by atoms with Gasteiger partial charge >= 0.3 is 0 Å². The molecule has 112 valence electrons. The molecule has 5 rings (SSSR count). The van der Waals surface area contributed by atoms with E-state index in [1.165, 1.54) is 12.0 Å². The summed E-state index contributed by atoms with van der Waals surface area (Å²) in [4.78, 5) is 12.3. The molecule has 5 atom stereocenters. The van der Waals surface area contributed by atoms with Gasteiger partial charge in [0.1, 0.15) is 0 Å². The van der Waals surface area contributed by atoms with Crippen molar-refractivity contribution in [2.75, 3.05) is 5.75 Å². The number of hydrogen-bond acceptors (Lipinski definition) is 2. The first kappa shape index (κ1) is 13.7. The Labute approximate surface area is 130 Å². The van der Waals surface area contributed by atoms with Crippen LogP contribution in [0.5, 0.6) is 0 Å². The summed E-state index contributed by atoms with van der Waals surface area (Å²) in [5.41, 5.74) is 7.34. The molecule has 4 aliphatic rings. The zero-order chi connectivity index (χ0) is 14.7. The van der Waals surface area contributed by atoms with Crippen LogP contribution in [0.3, 0.4) is 0 Å². The molecule has 2 N–H and O–H groups in total. The van der Waals surface area contributed by atoms with Gasteiger partial charge in [-0.2, -0.15) is 11.8 Å². The molecule has 4 saturated carbocycles. The highest BCUT2D eigenvalue weighted by Gasteiger charge is 2.70. The third-order valence-corrected chi connectivity index (χ3v) is 7.78. The minimum atomic E-state index is -0.217. The van der Waals surface area contributed by atoms with Gasteiger partial charge in [0.15, 0.2) is 0 Å². The number of carbonyl (C=O) groups excluding carboxylic acids is 1. The third kappa shape index (κ3) is 1.70. The Morgan fingerprint density at radius 3 is 2.71 bits per heavy atom. The van der Waals surface area contributed by atoms with E-state index < -0.39 is 0 Å². The van der Waals surface area contributed by atoms with Gasteiger partial charge in [0, 0.05) is 5.25 Å². The Hall–Kier alpha value is -0.960. The first-order valence-electron chi connectivity index (χ1n) is 8.08. The largest absolute Gasteiger partial charge is 0.369 e. The SMILES string of the molecule is CCSC1C2CC3(c4ccccc4)CC1C(C(N)=O)(C2)C3. The normalized spacial score (nSPS) is 43.4. The number of hydrogen-bond donors (Lipinski definition) is 1. The lowest BCUT2D eigenvalue weighted by molar-refractivity contribution is -0.129. The maximum absolute atomic E-state index is 12.3. The van der Waals surface area contributed by atoms with E-state index in [1.54, 1.807) is 0 Å². The van der Waals surface area contributed by atoms with Gasteiger partial charge in [-0.15, -0.1) is 0 Å². The molecule has 0 aliphatic heterocycles. The van der Waals surface area contributed by atoms with E-state index in [9.17, 15) is 4.79 Å². The predicted molar refractivity (Wildman–Crippen MR) is 87.1 cm³/mol. The van der Waals surface area contributed by atoms with Crippen molar-refractivity contribution >= 4 is 17.7 Å². The highest BCUT2D eigenvalue weighted by Crippen LogP contribution is 2.72. The molecule has 0 radical (unpaired) electrons. The van der Waals surface area contributed by atoms with E-state index in [4.69, 9.17) is 5.73 Å². The summed E-state index contributed by atoms with van der Waals surface area (Å²) in [6.45, 7) is 2.23. The molecule has 4 aliphatic carbocycles. The van der Waals surface area contributed by atoms with E-state index in [0.717, 1.165) is 25.0 Å². The number of nitrogens with two attached hydrogens (primary N) is 1. The van der Waals surface area contributed by atoms with E-state index in [1.807, 2.05) is 0 Å². The minimum Gasteiger partial charge on any atom is -0.369 e.